The second-order valence-corrected chi connectivity index (χ2v) is 13.0. The number of nitrogens with one attached hydrogen (secondary N) is 2. The van der Waals surface area contributed by atoms with Crippen molar-refractivity contribution < 1.29 is 14.3 Å². The molecule has 2 atom stereocenters. The van der Waals surface area contributed by atoms with Gasteiger partial charge in [0.05, 0.1) is 19.4 Å². The van der Waals surface area contributed by atoms with Gasteiger partial charge in [0, 0.05) is 55.9 Å². The lowest BCUT2D eigenvalue weighted by Crippen LogP contribution is -2.48. The summed E-state index contributed by atoms with van der Waals surface area (Å²) < 4.78 is 7.12. The van der Waals surface area contributed by atoms with Gasteiger partial charge in [-0.05, 0) is 55.3 Å². The molecule has 0 spiro atoms. The summed E-state index contributed by atoms with van der Waals surface area (Å²) >= 11 is 0. The number of rotatable bonds is 7. The third-order valence-corrected chi connectivity index (χ3v) is 9.39. The maximum Gasteiger partial charge on any atom is 0.251 e. The highest BCUT2D eigenvalue weighted by Gasteiger charge is 2.35. The first-order valence-corrected chi connectivity index (χ1v) is 15.8. The Labute approximate surface area is 267 Å². The van der Waals surface area contributed by atoms with E-state index in [1.807, 2.05) is 62.6 Å². The number of carbonyl (C=O) groups excluding carboxylic acids is 2. The minimum atomic E-state index is -0.309. The minimum Gasteiger partial charge on any atom is -0.382 e. The highest BCUT2D eigenvalue weighted by atomic mass is 16.5. The van der Waals surface area contributed by atoms with E-state index in [0.29, 0.717) is 48.8 Å². The van der Waals surface area contributed by atoms with E-state index in [1.54, 1.807) is 15.5 Å². The number of carbonyl (C=O) groups is 2. The van der Waals surface area contributed by atoms with Gasteiger partial charge in [-0.2, -0.15) is 15.0 Å². The van der Waals surface area contributed by atoms with E-state index in [0.717, 1.165) is 43.7 Å². The van der Waals surface area contributed by atoms with Crippen LogP contribution in [0, 0.1) is 0 Å². The van der Waals surface area contributed by atoms with Gasteiger partial charge >= 0.3 is 0 Å². The molecule has 7 rings (SSSR count). The van der Waals surface area contributed by atoms with Crippen LogP contribution in [0.3, 0.4) is 0 Å². The Kier molecular flexibility index (Phi) is 7.73. The van der Waals surface area contributed by atoms with Crippen LogP contribution in [0.15, 0.2) is 54.7 Å². The molecule has 0 aliphatic carbocycles. The van der Waals surface area contributed by atoms with Gasteiger partial charge in [0.2, 0.25) is 23.6 Å². The lowest BCUT2D eigenvalue weighted by Gasteiger charge is -2.38. The molecule has 3 fully saturated rings. The van der Waals surface area contributed by atoms with Crippen molar-refractivity contribution in [3.8, 4) is 0 Å². The van der Waals surface area contributed by atoms with Crippen LogP contribution >= 0.6 is 0 Å². The van der Waals surface area contributed by atoms with Crippen molar-refractivity contribution in [3.63, 3.8) is 0 Å². The predicted molar refractivity (Wildman–Crippen MR) is 175 cm³/mol. The van der Waals surface area contributed by atoms with Crippen LogP contribution in [0.25, 0.3) is 5.78 Å². The number of aromatic nitrogens is 4. The van der Waals surface area contributed by atoms with E-state index < -0.39 is 0 Å². The molecule has 4 aromatic rings. The molecule has 0 radical (unpaired) electrons. The average Bonchev–Trinajstić information content (AvgIpc) is 3.43. The molecule has 1 unspecified atom stereocenters. The van der Waals surface area contributed by atoms with Crippen LogP contribution in [0.5, 0.6) is 0 Å². The number of nitrogens with two attached hydrogens (primary N) is 1. The van der Waals surface area contributed by atoms with Crippen LogP contribution < -0.4 is 21.3 Å². The van der Waals surface area contributed by atoms with Gasteiger partial charge in [-0.15, -0.1) is 0 Å². The first kappa shape index (κ1) is 29.9. The zero-order chi connectivity index (χ0) is 32.0. The average molecular weight is 625 g/mol. The summed E-state index contributed by atoms with van der Waals surface area (Å²) in [6, 6.07) is 15.3. The number of piperidine rings is 1. The molecule has 3 saturated heterocycles. The normalized spacial score (nSPS) is 21.7. The summed E-state index contributed by atoms with van der Waals surface area (Å²) in [4.78, 5) is 46.0. The van der Waals surface area contributed by atoms with Crippen molar-refractivity contribution >= 4 is 41.0 Å². The molecule has 3 aliphatic heterocycles. The molecule has 2 amide bonds. The summed E-state index contributed by atoms with van der Waals surface area (Å²) in [6.07, 6.45) is 3.42. The molecule has 46 heavy (non-hydrogen) atoms. The van der Waals surface area contributed by atoms with Gasteiger partial charge in [0.15, 0.2) is 0 Å². The van der Waals surface area contributed by atoms with Gasteiger partial charge < -0.3 is 30.9 Å². The van der Waals surface area contributed by atoms with E-state index in [2.05, 4.69) is 32.3 Å². The van der Waals surface area contributed by atoms with Crippen LogP contribution in [-0.2, 0) is 14.9 Å². The first-order chi connectivity index (χ1) is 22.2. The van der Waals surface area contributed by atoms with E-state index in [9.17, 15) is 9.59 Å². The number of ether oxygens (including phenoxy) is 1. The van der Waals surface area contributed by atoms with Crippen LogP contribution in [0.1, 0.15) is 47.3 Å². The van der Waals surface area contributed by atoms with E-state index in [4.69, 9.17) is 20.4 Å². The van der Waals surface area contributed by atoms with Crippen molar-refractivity contribution in [2.45, 2.75) is 37.3 Å². The third-order valence-electron chi connectivity index (χ3n) is 9.39. The number of hydrogen-bond donors (Lipinski definition) is 3. The number of nitrogen functional groups attached to an aromatic ring is 1. The van der Waals surface area contributed by atoms with Crippen LogP contribution in [0.2, 0.25) is 0 Å². The smallest absolute Gasteiger partial charge is 0.251 e. The molecule has 0 saturated carbocycles. The molecule has 4 N–H and O–H groups in total. The van der Waals surface area contributed by atoms with Crippen molar-refractivity contribution in [3.05, 3.63) is 71.4 Å². The van der Waals surface area contributed by atoms with Crippen molar-refractivity contribution in [1.82, 2.24) is 34.5 Å². The fraction of sp³-hybridized carbons (Fsp3) is 0.424. The Hall–Kier alpha value is -4.75. The lowest BCUT2D eigenvalue weighted by molar-refractivity contribution is -0.139. The van der Waals surface area contributed by atoms with Gasteiger partial charge in [0.1, 0.15) is 11.9 Å². The third kappa shape index (κ3) is 5.71. The number of nitrogens with zero attached hydrogens (tertiary/aromatic N) is 7. The molecular weight excluding hydrogens is 584 g/mol. The molecule has 5 heterocycles. The summed E-state index contributed by atoms with van der Waals surface area (Å²) in [7, 11) is 3.82. The Morgan fingerprint density at radius 2 is 1.76 bits per heavy atom. The SMILES string of the molecule is CN1CCN(C)C(c2ccc(Nc3nc(N4CCC[C@H](NC(=O)c5ccc(C6(C)COC6)cc5)C4)nc4nc(N)cn34)cc2)C1=O. The van der Waals surface area contributed by atoms with Crippen molar-refractivity contribution in [2.24, 2.45) is 0 Å². The molecule has 2 aromatic carbocycles. The summed E-state index contributed by atoms with van der Waals surface area (Å²) in [5.41, 5.74) is 9.65. The van der Waals surface area contributed by atoms with Gasteiger partial charge in [-0.3, -0.25) is 18.9 Å². The summed E-state index contributed by atoms with van der Waals surface area (Å²) in [5.74, 6) is 1.78. The minimum absolute atomic E-state index is 0.0281. The Morgan fingerprint density at radius 1 is 1.00 bits per heavy atom. The maximum atomic E-state index is 13.2. The summed E-state index contributed by atoms with van der Waals surface area (Å²) in [5, 5.41) is 6.60. The molecule has 2 aromatic heterocycles. The largest absolute Gasteiger partial charge is 0.382 e. The maximum absolute atomic E-state index is 13.2. The second-order valence-electron chi connectivity index (χ2n) is 13.0. The van der Waals surface area contributed by atoms with E-state index in [-0.39, 0.29) is 29.3 Å². The monoisotopic (exact) mass is 624 g/mol. The van der Waals surface area contributed by atoms with Gasteiger partial charge in [-0.25, -0.2) is 0 Å². The number of imidazole rings is 1. The Bertz CT molecular complexity index is 1750. The van der Waals surface area contributed by atoms with Crippen LogP contribution in [-0.4, -0.2) is 100 Å². The van der Waals surface area contributed by atoms with Gasteiger partial charge in [-0.1, -0.05) is 31.2 Å². The predicted octanol–water partition coefficient (Wildman–Crippen LogP) is 2.58. The topological polar surface area (TPSA) is 146 Å². The molecule has 13 heteroatoms. The van der Waals surface area contributed by atoms with Gasteiger partial charge in [0.25, 0.3) is 5.91 Å². The second kappa shape index (κ2) is 11.9. The zero-order valence-corrected chi connectivity index (χ0v) is 26.4. The number of hydrogen-bond acceptors (Lipinski definition) is 10. The lowest BCUT2D eigenvalue weighted by atomic mass is 9.80. The zero-order valence-electron chi connectivity index (χ0n) is 26.4. The Morgan fingerprint density at radius 3 is 2.48 bits per heavy atom. The number of piperazine rings is 1. The number of likely N-dealkylation sites (N-methyl/N-ethyl adjacent to an activating group) is 2. The Balaban J connectivity index is 1.06. The van der Waals surface area contributed by atoms with E-state index >= 15 is 0 Å². The first-order valence-electron chi connectivity index (χ1n) is 15.8. The molecule has 13 nitrogen and oxygen atoms in total. The molecule has 3 aliphatic rings. The van der Waals surface area contributed by atoms with Crippen molar-refractivity contribution in [2.75, 3.05) is 69.4 Å². The highest BCUT2D eigenvalue weighted by Crippen LogP contribution is 2.32. The fourth-order valence-electron chi connectivity index (χ4n) is 6.48. The number of amides is 2. The molecular formula is C33H40N10O3. The quantitative estimate of drug-likeness (QED) is 0.280. The summed E-state index contributed by atoms with van der Waals surface area (Å²) in [6.45, 7) is 6.45. The fourth-order valence-corrected chi connectivity index (χ4v) is 6.48. The molecule has 240 valence electrons. The number of anilines is 4. The highest BCUT2D eigenvalue weighted by molar-refractivity contribution is 5.94. The number of fused-ring (bicyclic) bond motifs is 1. The van der Waals surface area contributed by atoms with Crippen molar-refractivity contribution in [1.29, 1.82) is 0 Å². The van der Waals surface area contributed by atoms with Crippen LogP contribution in [0.4, 0.5) is 23.4 Å². The van der Waals surface area contributed by atoms with E-state index in [1.165, 1.54) is 5.56 Å². The standard InChI is InChI=1S/C33H40N10O3/c1-33(19-46-20-33)23-10-6-22(7-11-23)28(44)35-25-5-4-14-42(17-25)30-38-31(43-18-26(34)37-32(43)39-30)36-24-12-8-21(9-13-24)27-29(45)41(3)16-15-40(27)2/h6-13,18,25,27H,4-5,14-17,19-20,34H2,1-3H3,(H,35,44)(H,36,37,38,39)/t25-,27?/m0/s1. The molecule has 0 bridgehead atoms. The number of benzene rings is 2.